The molecule has 3 N–H and O–H groups in total. The standard InChI is InChI=1S/C20H31N3O4S/c1-14(18(24)21-22-19(25)15-8-6-5-7-9-15)23-28(26,27)17-12-10-16(11-13-17)20(2,3)4/h10-15,23H,5-9H2,1-4H3,(H,21,24)(H,22,25)/t14-/m0/s1. The Balaban J connectivity index is 1.91. The number of benzene rings is 1. The number of amides is 2. The summed E-state index contributed by atoms with van der Waals surface area (Å²) in [6.07, 6.45) is 4.78. The van der Waals surface area contributed by atoms with Gasteiger partial charge in [0.1, 0.15) is 0 Å². The van der Waals surface area contributed by atoms with Crippen molar-refractivity contribution in [2.45, 2.75) is 76.2 Å². The molecule has 0 bridgehead atoms. The first kappa shape index (κ1) is 22.4. The van der Waals surface area contributed by atoms with Crippen LogP contribution in [0.5, 0.6) is 0 Å². The molecule has 1 aromatic carbocycles. The van der Waals surface area contributed by atoms with E-state index in [-0.39, 0.29) is 22.1 Å². The van der Waals surface area contributed by atoms with Gasteiger partial charge in [0.15, 0.2) is 0 Å². The topological polar surface area (TPSA) is 104 Å². The minimum absolute atomic E-state index is 0.0839. The summed E-state index contributed by atoms with van der Waals surface area (Å²) in [4.78, 5) is 24.3. The van der Waals surface area contributed by atoms with Crippen molar-refractivity contribution in [2.24, 2.45) is 5.92 Å². The zero-order valence-corrected chi connectivity index (χ0v) is 17.9. The van der Waals surface area contributed by atoms with Gasteiger partial charge in [0.2, 0.25) is 15.9 Å². The number of hydrogen-bond donors (Lipinski definition) is 3. The van der Waals surface area contributed by atoms with Gasteiger partial charge >= 0.3 is 0 Å². The minimum Gasteiger partial charge on any atom is -0.273 e. The second-order valence-electron chi connectivity index (χ2n) is 8.43. The number of carbonyl (C=O) groups excluding carboxylic acids is 2. The van der Waals surface area contributed by atoms with Crippen LogP contribution in [0.1, 0.15) is 65.4 Å². The molecule has 0 aliphatic heterocycles. The third kappa shape index (κ3) is 6.04. The van der Waals surface area contributed by atoms with Crippen LogP contribution in [0.2, 0.25) is 0 Å². The predicted molar refractivity (Wildman–Crippen MR) is 108 cm³/mol. The Morgan fingerprint density at radius 3 is 2.11 bits per heavy atom. The Labute approximate surface area is 167 Å². The molecule has 0 unspecified atom stereocenters. The molecule has 156 valence electrons. The molecule has 1 fully saturated rings. The maximum atomic E-state index is 12.5. The maximum Gasteiger partial charge on any atom is 0.256 e. The molecular weight excluding hydrogens is 378 g/mol. The van der Waals surface area contributed by atoms with E-state index in [2.05, 4.69) is 15.6 Å². The van der Waals surface area contributed by atoms with Crippen LogP contribution in [0.15, 0.2) is 29.2 Å². The Morgan fingerprint density at radius 2 is 1.57 bits per heavy atom. The third-order valence-electron chi connectivity index (χ3n) is 5.04. The lowest BCUT2D eigenvalue weighted by molar-refractivity contribution is -0.132. The van der Waals surface area contributed by atoms with Crippen LogP contribution in [0.3, 0.4) is 0 Å². The summed E-state index contributed by atoms with van der Waals surface area (Å²) < 4.78 is 27.4. The van der Waals surface area contributed by atoms with Gasteiger partial charge in [-0.15, -0.1) is 0 Å². The van der Waals surface area contributed by atoms with Crippen LogP contribution < -0.4 is 15.6 Å². The fourth-order valence-corrected chi connectivity index (χ4v) is 4.39. The highest BCUT2D eigenvalue weighted by atomic mass is 32.2. The van der Waals surface area contributed by atoms with Crippen LogP contribution in [-0.2, 0) is 25.0 Å². The van der Waals surface area contributed by atoms with E-state index in [1.807, 2.05) is 20.8 Å². The van der Waals surface area contributed by atoms with Crippen molar-refractivity contribution in [3.63, 3.8) is 0 Å². The van der Waals surface area contributed by atoms with Crippen LogP contribution in [0.25, 0.3) is 0 Å². The zero-order chi connectivity index (χ0) is 20.9. The molecule has 1 aliphatic rings. The van der Waals surface area contributed by atoms with Crippen LogP contribution >= 0.6 is 0 Å². The fraction of sp³-hybridized carbons (Fsp3) is 0.600. The van der Waals surface area contributed by atoms with Crippen molar-refractivity contribution in [1.82, 2.24) is 15.6 Å². The number of hydrazine groups is 1. The summed E-state index contributed by atoms with van der Waals surface area (Å²) in [5.41, 5.74) is 5.66. The van der Waals surface area contributed by atoms with E-state index in [9.17, 15) is 18.0 Å². The summed E-state index contributed by atoms with van der Waals surface area (Å²) >= 11 is 0. The van der Waals surface area contributed by atoms with Crippen LogP contribution in [0, 0.1) is 5.92 Å². The van der Waals surface area contributed by atoms with Crippen molar-refractivity contribution < 1.29 is 18.0 Å². The number of carbonyl (C=O) groups is 2. The Bertz CT molecular complexity index is 792. The normalized spacial score (nSPS) is 17.0. The highest BCUT2D eigenvalue weighted by Gasteiger charge is 2.25. The highest BCUT2D eigenvalue weighted by Crippen LogP contribution is 2.24. The first-order chi connectivity index (χ1) is 13.0. The van der Waals surface area contributed by atoms with Gasteiger partial charge in [-0.2, -0.15) is 4.72 Å². The van der Waals surface area contributed by atoms with E-state index in [1.54, 1.807) is 12.1 Å². The molecule has 2 rings (SSSR count). The second-order valence-corrected chi connectivity index (χ2v) is 10.1. The molecule has 2 amide bonds. The molecule has 0 spiro atoms. The quantitative estimate of drug-likeness (QED) is 0.650. The Morgan fingerprint density at radius 1 is 1.00 bits per heavy atom. The van der Waals surface area contributed by atoms with Gasteiger partial charge in [0.05, 0.1) is 10.9 Å². The van der Waals surface area contributed by atoms with E-state index >= 15 is 0 Å². The zero-order valence-electron chi connectivity index (χ0n) is 17.0. The maximum absolute atomic E-state index is 12.5. The van der Waals surface area contributed by atoms with Gasteiger partial charge in [0, 0.05) is 5.92 Å². The summed E-state index contributed by atoms with van der Waals surface area (Å²) in [6, 6.07) is 5.56. The van der Waals surface area contributed by atoms with E-state index in [1.165, 1.54) is 19.1 Å². The first-order valence-electron chi connectivity index (χ1n) is 9.73. The lowest BCUT2D eigenvalue weighted by Crippen LogP contribution is -2.52. The number of sulfonamides is 1. The van der Waals surface area contributed by atoms with Gasteiger partial charge in [-0.3, -0.25) is 20.4 Å². The second kappa shape index (κ2) is 9.05. The summed E-state index contributed by atoms with van der Waals surface area (Å²) in [5.74, 6) is -0.928. The molecule has 28 heavy (non-hydrogen) atoms. The molecule has 0 heterocycles. The van der Waals surface area contributed by atoms with E-state index in [0.717, 1.165) is 37.7 Å². The molecule has 7 nitrogen and oxygen atoms in total. The van der Waals surface area contributed by atoms with E-state index < -0.39 is 22.0 Å². The fourth-order valence-electron chi connectivity index (χ4n) is 3.19. The average molecular weight is 410 g/mol. The predicted octanol–water partition coefficient (Wildman–Crippen LogP) is 2.38. The molecule has 8 heteroatoms. The lowest BCUT2D eigenvalue weighted by Gasteiger charge is -2.22. The summed E-state index contributed by atoms with van der Waals surface area (Å²) in [6.45, 7) is 7.57. The van der Waals surface area contributed by atoms with Gasteiger partial charge in [-0.1, -0.05) is 52.2 Å². The molecular formula is C20H31N3O4S. The third-order valence-corrected chi connectivity index (χ3v) is 6.60. The summed E-state index contributed by atoms with van der Waals surface area (Å²) in [7, 11) is -3.85. The van der Waals surface area contributed by atoms with Gasteiger partial charge < -0.3 is 0 Å². The number of rotatable bonds is 5. The van der Waals surface area contributed by atoms with E-state index in [4.69, 9.17) is 0 Å². The molecule has 1 saturated carbocycles. The van der Waals surface area contributed by atoms with Gasteiger partial charge in [0.25, 0.3) is 5.91 Å². The smallest absolute Gasteiger partial charge is 0.256 e. The van der Waals surface area contributed by atoms with Crippen molar-refractivity contribution in [1.29, 1.82) is 0 Å². The first-order valence-corrected chi connectivity index (χ1v) is 11.2. The van der Waals surface area contributed by atoms with Crippen molar-refractivity contribution in [3.8, 4) is 0 Å². The van der Waals surface area contributed by atoms with Crippen molar-refractivity contribution >= 4 is 21.8 Å². The Kier molecular flexibility index (Phi) is 7.22. The molecule has 0 saturated heterocycles. The number of nitrogens with one attached hydrogen (secondary N) is 3. The lowest BCUT2D eigenvalue weighted by atomic mass is 9.87. The highest BCUT2D eigenvalue weighted by molar-refractivity contribution is 7.89. The molecule has 1 atom stereocenters. The molecule has 0 radical (unpaired) electrons. The average Bonchev–Trinajstić information content (AvgIpc) is 2.65. The van der Waals surface area contributed by atoms with Crippen LogP contribution in [-0.4, -0.2) is 26.3 Å². The van der Waals surface area contributed by atoms with E-state index in [0.29, 0.717) is 0 Å². The molecule has 1 aromatic rings. The van der Waals surface area contributed by atoms with Crippen molar-refractivity contribution in [2.75, 3.05) is 0 Å². The largest absolute Gasteiger partial charge is 0.273 e. The minimum atomic E-state index is -3.85. The van der Waals surface area contributed by atoms with Gasteiger partial charge in [-0.25, -0.2) is 8.42 Å². The number of hydrogen-bond acceptors (Lipinski definition) is 4. The van der Waals surface area contributed by atoms with Crippen molar-refractivity contribution in [3.05, 3.63) is 29.8 Å². The SMILES string of the molecule is C[C@H](NS(=O)(=O)c1ccc(C(C)(C)C)cc1)C(=O)NNC(=O)C1CCCCC1. The summed E-state index contributed by atoms with van der Waals surface area (Å²) in [5, 5.41) is 0. The Hall–Kier alpha value is -1.93. The van der Waals surface area contributed by atoms with Crippen LogP contribution in [0.4, 0.5) is 0 Å². The molecule has 0 aromatic heterocycles. The monoisotopic (exact) mass is 409 g/mol. The van der Waals surface area contributed by atoms with Gasteiger partial charge in [-0.05, 0) is 42.9 Å². The molecule has 1 aliphatic carbocycles.